The molecule has 1 aliphatic heterocycles. The van der Waals surface area contributed by atoms with Crippen molar-refractivity contribution >= 4 is 11.8 Å². The van der Waals surface area contributed by atoms with Crippen LogP contribution < -0.4 is 0 Å². The number of alkyl halides is 2. The molecule has 1 fully saturated rings. The van der Waals surface area contributed by atoms with Crippen molar-refractivity contribution in [2.24, 2.45) is 5.92 Å². The van der Waals surface area contributed by atoms with Gasteiger partial charge in [-0.15, -0.1) is 0 Å². The first-order valence-corrected chi connectivity index (χ1v) is 5.76. The minimum absolute atomic E-state index is 0.0316. The molecular weight excluding hydrogens is 230 g/mol. The summed E-state index contributed by atoms with van der Waals surface area (Å²) in [4.78, 5) is 25.5. The quantitative estimate of drug-likeness (QED) is 0.746. The summed E-state index contributed by atoms with van der Waals surface area (Å²) in [6.07, 6.45) is -2.49. The van der Waals surface area contributed by atoms with E-state index in [1.165, 1.54) is 0 Å². The predicted molar refractivity (Wildman–Crippen MR) is 58.6 cm³/mol. The van der Waals surface area contributed by atoms with Gasteiger partial charge >= 0.3 is 6.43 Å². The molecule has 6 heteroatoms. The molecule has 0 unspecified atom stereocenters. The van der Waals surface area contributed by atoms with E-state index in [1.54, 1.807) is 4.90 Å². The van der Waals surface area contributed by atoms with Crippen molar-refractivity contribution in [3.05, 3.63) is 0 Å². The van der Waals surface area contributed by atoms with E-state index >= 15 is 0 Å². The van der Waals surface area contributed by atoms with Crippen LogP contribution in [0.5, 0.6) is 0 Å². The van der Waals surface area contributed by atoms with Crippen LogP contribution in [0.1, 0.15) is 20.3 Å². The van der Waals surface area contributed by atoms with Gasteiger partial charge in [0.05, 0.1) is 0 Å². The van der Waals surface area contributed by atoms with Gasteiger partial charge in [-0.1, -0.05) is 13.8 Å². The molecule has 1 heterocycles. The standard InChI is InChI=1S/C11H18F2N2O2/c1-8(2)7-9(16)14-3-5-15(6-4-14)11(17)10(12)13/h8,10H,3-7H2,1-2H3. The normalized spacial score (nSPS) is 16.8. The Labute approximate surface area is 99.6 Å². The number of piperazine rings is 1. The molecule has 0 saturated carbocycles. The molecule has 0 bridgehead atoms. The fourth-order valence-corrected chi connectivity index (χ4v) is 1.79. The summed E-state index contributed by atoms with van der Waals surface area (Å²) in [5.74, 6) is -0.826. The maximum Gasteiger partial charge on any atom is 0.315 e. The molecule has 4 nitrogen and oxygen atoms in total. The van der Waals surface area contributed by atoms with Gasteiger partial charge in [0.15, 0.2) is 0 Å². The molecule has 0 N–H and O–H groups in total. The maximum absolute atomic E-state index is 12.2. The molecule has 0 aromatic heterocycles. The molecule has 0 aliphatic carbocycles. The molecule has 1 aliphatic rings. The lowest BCUT2D eigenvalue weighted by atomic mass is 10.1. The topological polar surface area (TPSA) is 40.6 Å². The van der Waals surface area contributed by atoms with Gasteiger partial charge in [-0.2, -0.15) is 8.78 Å². The lowest BCUT2D eigenvalue weighted by molar-refractivity contribution is -0.147. The highest BCUT2D eigenvalue weighted by Crippen LogP contribution is 2.10. The Hall–Kier alpha value is -1.20. The van der Waals surface area contributed by atoms with Crippen LogP contribution in [-0.4, -0.2) is 54.2 Å². The zero-order valence-corrected chi connectivity index (χ0v) is 10.2. The first-order valence-electron chi connectivity index (χ1n) is 5.76. The van der Waals surface area contributed by atoms with E-state index in [9.17, 15) is 18.4 Å². The average Bonchev–Trinajstić information content (AvgIpc) is 2.27. The van der Waals surface area contributed by atoms with Crippen LogP contribution in [0.25, 0.3) is 0 Å². The molecule has 1 saturated heterocycles. The van der Waals surface area contributed by atoms with Gasteiger partial charge in [0, 0.05) is 32.6 Å². The molecular formula is C11H18F2N2O2. The van der Waals surface area contributed by atoms with Crippen LogP contribution in [0, 0.1) is 5.92 Å². The Balaban J connectivity index is 2.40. The minimum Gasteiger partial charge on any atom is -0.339 e. The fourth-order valence-electron chi connectivity index (χ4n) is 1.79. The second kappa shape index (κ2) is 5.93. The largest absolute Gasteiger partial charge is 0.339 e. The highest BCUT2D eigenvalue weighted by Gasteiger charge is 2.28. The second-order valence-corrected chi connectivity index (χ2v) is 4.60. The van der Waals surface area contributed by atoms with Gasteiger partial charge in [0.1, 0.15) is 0 Å². The zero-order valence-electron chi connectivity index (χ0n) is 10.2. The molecule has 0 radical (unpaired) electrons. The smallest absolute Gasteiger partial charge is 0.315 e. The third-order valence-corrected chi connectivity index (χ3v) is 2.71. The van der Waals surface area contributed by atoms with Crippen molar-refractivity contribution in [1.29, 1.82) is 0 Å². The second-order valence-electron chi connectivity index (χ2n) is 4.60. The van der Waals surface area contributed by atoms with E-state index in [0.29, 0.717) is 19.5 Å². The number of hydrogen-bond acceptors (Lipinski definition) is 2. The highest BCUT2D eigenvalue weighted by atomic mass is 19.3. The molecule has 0 atom stereocenters. The number of carbonyl (C=O) groups excluding carboxylic acids is 2. The Kier molecular flexibility index (Phi) is 4.84. The molecule has 1 rings (SSSR count). The summed E-state index contributed by atoms with van der Waals surface area (Å²) in [6, 6.07) is 0. The van der Waals surface area contributed by atoms with Crippen LogP contribution in [0.3, 0.4) is 0 Å². The van der Waals surface area contributed by atoms with Crippen LogP contribution in [0.4, 0.5) is 8.78 Å². The Morgan fingerprint density at radius 1 is 1.06 bits per heavy atom. The average molecular weight is 248 g/mol. The zero-order chi connectivity index (χ0) is 13.0. The molecule has 0 spiro atoms. The van der Waals surface area contributed by atoms with Gasteiger partial charge < -0.3 is 9.80 Å². The van der Waals surface area contributed by atoms with Crippen molar-refractivity contribution in [3.8, 4) is 0 Å². The monoisotopic (exact) mass is 248 g/mol. The fraction of sp³-hybridized carbons (Fsp3) is 0.818. The molecule has 17 heavy (non-hydrogen) atoms. The summed E-state index contributed by atoms with van der Waals surface area (Å²) in [5.41, 5.74) is 0. The van der Waals surface area contributed by atoms with Crippen molar-refractivity contribution < 1.29 is 18.4 Å². The van der Waals surface area contributed by atoms with Gasteiger partial charge in [-0.25, -0.2) is 0 Å². The van der Waals surface area contributed by atoms with Crippen molar-refractivity contribution in [3.63, 3.8) is 0 Å². The van der Waals surface area contributed by atoms with Gasteiger partial charge in [-0.05, 0) is 5.92 Å². The molecule has 2 amide bonds. The minimum atomic E-state index is -2.95. The van der Waals surface area contributed by atoms with Gasteiger partial charge in [0.2, 0.25) is 5.91 Å². The summed E-state index contributed by atoms with van der Waals surface area (Å²) < 4.78 is 24.3. The number of halogens is 2. The third kappa shape index (κ3) is 3.94. The van der Waals surface area contributed by atoms with Crippen molar-refractivity contribution in [2.75, 3.05) is 26.2 Å². The lowest BCUT2D eigenvalue weighted by Crippen LogP contribution is -2.52. The van der Waals surface area contributed by atoms with E-state index in [1.807, 2.05) is 13.8 Å². The summed E-state index contributed by atoms with van der Waals surface area (Å²) >= 11 is 0. The van der Waals surface area contributed by atoms with E-state index in [-0.39, 0.29) is 24.9 Å². The first kappa shape index (κ1) is 13.9. The Morgan fingerprint density at radius 2 is 1.53 bits per heavy atom. The van der Waals surface area contributed by atoms with E-state index in [4.69, 9.17) is 0 Å². The molecule has 98 valence electrons. The van der Waals surface area contributed by atoms with Crippen LogP contribution in [0.15, 0.2) is 0 Å². The van der Waals surface area contributed by atoms with Crippen molar-refractivity contribution in [2.45, 2.75) is 26.7 Å². The molecule has 0 aromatic carbocycles. The van der Waals surface area contributed by atoms with Crippen LogP contribution >= 0.6 is 0 Å². The van der Waals surface area contributed by atoms with Gasteiger partial charge in [-0.3, -0.25) is 9.59 Å². The number of nitrogens with zero attached hydrogens (tertiary/aromatic N) is 2. The summed E-state index contributed by atoms with van der Waals surface area (Å²) in [5, 5.41) is 0. The van der Waals surface area contributed by atoms with E-state index < -0.39 is 12.3 Å². The van der Waals surface area contributed by atoms with Crippen LogP contribution in [0.2, 0.25) is 0 Å². The predicted octanol–water partition coefficient (Wildman–Crippen LogP) is 0.968. The van der Waals surface area contributed by atoms with Crippen LogP contribution in [-0.2, 0) is 9.59 Å². The van der Waals surface area contributed by atoms with E-state index in [0.717, 1.165) is 4.90 Å². The number of hydrogen-bond donors (Lipinski definition) is 0. The summed E-state index contributed by atoms with van der Waals surface area (Å²) in [7, 11) is 0. The lowest BCUT2D eigenvalue weighted by Gasteiger charge is -2.34. The SMILES string of the molecule is CC(C)CC(=O)N1CCN(C(=O)C(F)F)CC1. The number of carbonyl (C=O) groups is 2. The van der Waals surface area contributed by atoms with E-state index in [2.05, 4.69) is 0 Å². The maximum atomic E-state index is 12.2. The first-order chi connectivity index (χ1) is 7.91. The third-order valence-electron chi connectivity index (χ3n) is 2.71. The highest BCUT2D eigenvalue weighted by molar-refractivity contribution is 5.80. The number of amides is 2. The summed E-state index contributed by atoms with van der Waals surface area (Å²) in [6.45, 7) is 5.01. The Bertz CT molecular complexity index is 287. The van der Waals surface area contributed by atoms with Crippen molar-refractivity contribution in [1.82, 2.24) is 9.80 Å². The molecule has 0 aromatic rings. The van der Waals surface area contributed by atoms with Gasteiger partial charge in [0.25, 0.3) is 5.91 Å². The number of rotatable bonds is 3. The Morgan fingerprint density at radius 3 is 1.94 bits per heavy atom.